The van der Waals surface area contributed by atoms with Crippen LogP contribution in [0.2, 0.25) is 15.1 Å². The third-order valence-electron chi connectivity index (χ3n) is 5.56. The molecule has 184 valence electrons. The maximum atomic E-state index is 13.0. The van der Waals surface area contributed by atoms with E-state index in [1.807, 2.05) is 22.9 Å². The summed E-state index contributed by atoms with van der Waals surface area (Å²) in [7, 11) is 0. The zero-order valence-corrected chi connectivity index (χ0v) is 23.3. The highest BCUT2D eigenvalue weighted by atomic mass is 35.5. The van der Waals surface area contributed by atoms with Gasteiger partial charge in [0.1, 0.15) is 4.33 Å². The van der Waals surface area contributed by atoms with Gasteiger partial charge in [-0.1, -0.05) is 40.9 Å². The van der Waals surface area contributed by atoms with Crippen LogP contribution in [0.4, 0.5) is 10.8 Å². The standard InChI is InChI=1S/C24H14Cl5N3O2S2/c25-12-6-11(7-13(26)8-12)19-20(24(19,28)29)22(34)30-14-3-4-16(27)15(9-14)21(33)32-23-31-17(10-36-23)18-2-1-5-35-18/h1-10,19-20H,(H,30,34)(H,31,32,33)/t19-,20+/m0/s1. The molecule has 2 heterocycles. The summed E-state index contributed by atoms with van der Waals surface area (Å²) in [5.74, 6) is -2.09. The number of anilines is 2. The minimum absolute atomic E-state index is 0.180. The predicted molar refractivity (Wildman–Crippen MR) is 151 cm³/mol. The summed E-state index contributed by atoms with van der Waals surface area (Å²) in [5, 5.41) is 10.9. The second-order valence-corrected chi connectivity index (χ2v) is 12.5. The number of nitrogens with zero attached hydrogens (tertiary/aromatic N) is 1. The van der Waals surface area contributed by atoms with Gasteiger partial charge in [-0.3, -0.25) is 14.9 Å². The molecule has 12 heteroatoms. The fraction of sp³-hybridized carbons (Fsp3) is 0.125. The molecule has 4 aromatic rings. The van der Waals surface area contributed by atoms with Crippen LogP contribution in [-0.4, -0.2) is 21.1 Å². The Morgan fingerprint density at radius 3 is 2.39 bits per heavy atom. The Kier molecular flexibility index (Phi) is 7.26. The lowest BCUT2D eigenvalue weighted by atomic mass is 10.1. The second-order valence-electron chi connectivity index (χ2n) is 7.99. The molecule has 1 fully saturated rings. The maximum Gasteiger partial charge on any atom is 0.259 e. The molecular weight excluding hydrogens is 604 g/mol. The molecular formula is C24H14Cl5N3O2S2. The monoisotopic (exact) mass is 615 g/mol. The van der Waals surface area contributed by atoms with E-state index in [4.69, 9.17) is 58.0 Å². The number of carbonyl (C=O) groups is 2. The van der Waals surface area contributed by atoms with Gasteiger partial charge < -0.3 is 5.32 Å². The average Bonchev–Trinajstić information content (AvgIpc) is 3.23. The predicted octanol–water partition coefficient (Wildman–Crippen LogP) is 8.61. The number of thiophene rings is 1. The van der Waals surface area contributed by atoms with Crippen molar-refractivity contribution in [1.82, 2.24) is 4.98 Å². The van der Waals surface area contributed by atoms with Gasteiger partial charge in [0.25, 0.3) is 5.91 Å². The lowest BCUT2D eigenvalue weighted by Crippen LogP contribution is -2.18. The summed E-state index contributed by atoms with van der Waals surface area (Å²) in [4.78, 5) is 31.4. The van der Waals surface area contributed by atoms with Crippen LogP contribution >= 0.6 is 80.7 Å². The highest BCUT2D eigenvalue weighted by molar-refractivity contribution is 7.16. The molecule has 2 aromatic carbocycles. The molecule has 36 heavy (non-hydrogen) atoms. The number of rotatable bonds is 6. The van der Waals surface area contributed by atoms with Crippen LogP contribution in [0.1, 0.15) is 21.8 Å². The molecule has 0 unspecified atom stereocenters. The molecule has 0 saturated heterocycles. The van der Waals surface area contributed by atoms with Gasteiger partial charge in [0.15, 0.2) is 5.13 Å². The van der Waals surface area contributed by atoms with Gasteiger partial charge in [0.2, 0.25) is 5.91 Å². The minimum Gasteiger partial charge on any atom is -0.326 e. The van der Waals surface area contributed by atoms with Crippen molar-refractivity contribution < 1.29 is 9.59 Å². The number of aromatic nitrogens is 1. The first-order valence-corrected chi connectivity index (χ1v) is 14.0. The first-order valence-electron chi connectivity index (χ1n) is 10.4. The molecule has 2 amide bonds. The SMILES string of the molecule is O=C(Nc1nc(-c2cccs2)cs1)c1cc(NC(=O)[C@H]2[C@H](c3cc(Cl)cc(Cl)c3)C2(Cl)Cl)ccc1Cl. The summed E-state index contributed by atoms with van der Waals surface area (Å²) < 4.78 is -1.32. The van der Waals surface area contributed by atoms with Crippen molar-refractivity contribution in [3.63, 3.8) is 0 Å². The lowest BCUT2D eigenvalue weighted by molar-refractivity contribution is -0.117. The molecule has 0 spiro atoms. The number of benzene rings is 2. The van der Waals surface area contributed by atoms with E-state index in [1.165, 1.54) is 23.5 Å². The summed E-state index contributed by atoms with van der Waals surface area (Å²) in [6.45, 7) is 0. The van der Waals surface area contributed by atoms with Gasteiger partial charge >= 0.3 is 0 Å². The van der Waals surface area contributed by atoms with Gasteiger partial charge in [0.05, 0.1) is 27.1 Å². The van der Waals surface area contributed by atoms with E-state index < -0.39 is 28.0 Å². The van der Waals surface area contributed by atoms with Crippen molar-refractivity contribution in [2.24, 2.45) is 5.92 Å². The molecule has 0 radical (unpaired) electrons. The van der Waals surface area contributed by atoms with Crippen molar-refractivity contribution in [3.05, 3.63) is 85.5 Å². The van der Waals surface area contributed by atoms with E-state index in [0.717, 1.165) is 10.6 Å². The summed E-state index contributed by atoms with van der Waals surface area (Å²) in [6.07, 6.45) is 0. The number of thiazole rings is 1. The molecule has 5 nitrogen and oxygen atoms in total. The molecule has 1 aliphatic carbocycles. The first kappa shape index (κ1) is 25.8. The van der Waals surface area contributed by atoms with Crippen LogP contribution in [0.3, 0.4) is 0 Å². The number of nitrogens with one attached hydrogen (secondary N) is 2. The fourth-order valence-electron chi connectivity index (χ4n) is 3.85. The van der Waals surface area contributed by atoms with Crippen LogP contribution in [0.5, 0.6) is 0 Å². The van der Waals surface area contributed by atoms with E-state index in [2.05, 4.69) is 15.6 Å². The number of amides is 2. The number of alkyl halides is 2. The highest BCUT2D eigenvalue weighted by Crippen LogP contribution is 2.65. The van der Waals surface area contributed by atoms with E-state index >= 15 is 0 Å². The van der Waals surface area contributed by atoms with Crippen LogP contribution in [0, 0.1) is 5.92 Å². The van der Waals surface area contributed by atoms with Gasteiger partial charge in [-0.05, 0) is 53.4 Å². The van der Waals surface area contributed by atoms with Crippen molar-refractivity contribution in [1.29, 1.82) is 0 Å². The molecule has 5 rings (SSSR count). The third-order valence-corrected chi connectivity index (χ3v) is 8.91. The second kappa shape index (κ2) is 10.1. The van der Waals surface area contributed by atoms with E-state index in [9.17, 15) is 9.59 Å². The van der Waals surface area contributed by atoms with Crippen LogP contribution in [0.25, 0.3) is 10.6 Å². The summed E-state index contributed by atoms with van der Waals surface area (Å²) >= 11 is 34.2. The largest absolute Gasteiger partial charge is 0.326 e. The molecule has 2 atom stereocenters. The van der Waals surface area contributed by atoms with E-state index in [-0.39, 0.29) is 10.6 Å². The Bertz CT molecular complexity index is 1450. The summed E-state index contributed by atoms with van der Waals surface area (Å²) in [5.41, 5.74) is 1.99. The van der Waals surface area contributed by atoms with Gasteiger partial charge in [-0.2, -0.15) is 0 Å². The van der Waals surface area contributed by atoms with Crippen molar-refractivity contribution in [3.8, 4) is 10.6 Å². The molecule has 1 saturated carbocycles. The van der Waals surface area contributed by atoms with E-state index in [0.29, 0.717) is 26.4 Å². The molecule has 0 bridgehead atoms. The molecule has 1 aliphatic rings. The zero-order chi connectivity index (χ0) is 25.6. The number of hydrogen-bond donors (Lipinski definition) is 2. The number of carbonyl (C=O) groups excluding carboxylic acids is 2. The normalized spacial score (nSPS) is 18.0. The lowest BCUT2D eigenvalue weighted by Gasteiger charge is -2.09. The minimum atomic E-state index is -1.32. The molecule has 2 aromatic heterocycles. The van der Waals surface area contributed by atoms with Crippen molar-refractivity contribution >= 4 is 103 Å². The van der Waals surface area contributed by atoms with Crippen LogP contribution in [0.15, 0.2) is 59.3 Å². The average molecular weight is 618 g/mol. The topological polar surface area (TPSA) is 71.1 Å². The molecule has 0 aliphatic heterocycles. The maximum absolute atomic E-state index is 13.0. The number of hydrogen-bond acceptors (Lipinski definition) is 5. The summed E-state index contributed by atoms with van der Waals surface area (Å²) in [6, 6.07) is 13.4. The molecule has 2 N–H and O–H groups in total. The smallest absolute Gasteiger partial charge is 0.259 e. The first-order chi connectivity index (χ1) is 17.1. The van der Waals surface area contributed by atoms with Crippen molar-refractivity contribution in [2.75, 3.05) is 10.6 Å². The fourth-order valence-corrected chi connectivity index (χ4v) is 6.89. The Labute approximate surface area is 239 Å². The van der Waals surface area contributed by atoms with E-state index in [1.54, 1.807) is 35.6 Å². The quantitative estimate of drug-likeness (QED) is 0.213. The van der Waals surface area contributed by atoms with Gasteiger partial charge in [-0.15, -0.1) is 45.9 Å². The number of halogens is 5. The Morgan fingerprint density at radius 2 is 1.69 bits per heavy atom. The van der Waals surface area contributed by atoms with Gasteiger partial charge in [-0.25, -0.2) is 4.98 Å². The Hall–Kier alpha value is -1.84. The Balaban J connectivity index is 1.30. The highest BCUT2D eigenvalue weighted by Gasteiger charge is 2.67. The van der Waals surface area contributed by atoms with Crippen molar-refractivity contribution in [2.45, 2.75) is 10.3 Å². The Morgan fingerprint density at radius 1 is 0.944 bits per heavy atom. The van der Waals surface area contributed by atoms with Crippen LogP contribution < -0.4 is 10.6 Å². The van der Waals surface area contributed by atoms with Gasteiger partial charge in [0, 0.05) is 27.0 Å². The zero-order valence-electron chi connectivity index (χ0n) is 17.9. The van der Waals surface area contributed by atoms with Crippen LogP contribution in [-0.2, 0) is 4.79 Å². The third kappa shape index (κ3) is 5.24.